The molecule has 2 aromatic heterocycles. The first-order valence-electron chi connectivity index (χ1n) is 7.24. The highest BCUT2D eigenvalue weighted by Crippen LogP contribution is 2.30. The van der Waals surface area contributed by atoms with E-state index in [4.69, 9.17) is 0 Å². The molecule has 6 heteroatoms. The summed E-state index contributed by atoms with van der Waals surface area (Å²) in [6.45, 7) is 4.12. The van der Waals surface area contributed by atoms with Crippen LogP contribution in [0.1, 0.15) is 35.3 Å². The van der Waals surface area contributed by atoms with E-state index in [-0.39, 0.29) is 0 Å². The zero-order valence-corrected chi connectivity index (χ0v) is 12.4. The van der Waals surface area contributed by atoms with E-state index in [1.807, 2.05) is 15.3 Å². The Kier molecular flexibility index (Phi) is 2.63. The number of benzene rings is 1. The van der Waals surface area contributed by atoms with Crippen molar-refractivity contribution in [2.75, 3.05) is 0 Å². The van der Waals surface area contributed by atoms with E-state index >= 15 is 0 Å². The predicted octanol–water partition coefficient (Wildman–Crippen LogP) is 2.10. The van der Waals surface area contributed by atoms with Gasteiger partial charge in [-0.05, 0) is 31.0 Å². The highest BCUT2D eigenvalue weighted by atomic mass is 15.4. The number of hydrogen-bond acceptors (Lipinski definition) is 4. The van der Waals surface area contributed by atoms with Gasteiger partial charge in [-0.3, -0.25) is 4.57 Å². The molecule has 0 bridgehead atoms. The van der Waals surface area contributed by atoms with E-state index in [1.165, 1.54) is 0 Å². The third-order valence-corrected chi connectivity index (χ3v) is 4.10. The minimum absolute atomic E-state index is 0.461. The second-order valence-corrected chi connectivity index (χ2v) is 5.44. The molecule has 0 atom stereocenters. The highest BCUT2D eigenvalue weighted by Gasteiger charge is 2.25. The first-order chi connectivity index (χ1) is 10.7. The van der Waals surface area contributed by atoms with Gasteiger partial charge in [0.25, 0.3) is 0 Å². The standard InChI is InChI=1S/C16H14N6/c1-3-11-15-7-14-12(8-17)18-9-21(14)13-5-4-10(2)6-16(13)22(15)20-19-11/h4-6,9H,3,7H2,1-2H3. The summed E-state index contributed by atoms with van der Waals surface area (Å²) in [5.41, 5.74) is 6.45. The first kappa shape index (κ1) is 12.8. The summed E-state index contributed by atoms with van der Waals surface area (Å²) in [6.07, 6.45) is 3.13. The van der Waals surface area contributed by atoms with E-state index in [0.29, 0.717) is 12.1 Å². The van der Waals surface area contributed by atoms with Crippen molar-refractivity contribution in [1.82, 2.24) is 24.5 Å². The van der Waals surface area contributed by atoms with Gasteiger partial charge in [0.1, 0.15) is 12.4 Å². The van der Waals surface area contributed by atoms with Gasteiger partial charge in [0.15, 0.2) is 5.69 Å². The molecule has 0 unspecified atom stereocenters. The molecule has 3 aromatic rings. The van der Waals surface area contributed by atoms with Gasteiger partial charge in [-0.15, -0.1) is 5.10 Å². The Morgan fingerprint density at radius 1 is 1.27 bits per heavy atom. The van der Waals surface area contributed by atoms with E-state index < -0.39 is 0 Å². The molecule has 0 fully saturated rings. The molecular weight excluding hydrogens is 276 g/mol. The zero-order valence-electron chi connectivity index (χ0n) is 12.4. The maximum absolute atomic E-state index is 9.33. The Labute approximate surface area is 127 Å². The minimum atomic E-state index is 0.461. The molecular formula is C16H14N6. The molecule has 108 valence electrons. The largest absolute Gasteiger partial charge is 0.299 e. The van der Waals surface area contributed by atoms with Gasteiger partial charge in [0.05, 0.1) is 28.5 Å². The van der Waals surface area contributed by atoms with Crippen molar-refractivity contribution in [1.29, 1.82) is 5.26 Å². The molecule has 0 saturated carbocycles. The van der Waals surface area contributed by atoms with Gasteiger partial charge in [0.2, 0.25) is 0 Å². The fourth-order valence-electron chi connectivity index (χ4n) is 2.99. The summed E-state index contributed by atoms with van der Waals surface area (Å²) in [4.78, 5) is 4.24. The number of fused-ring (bicyclic) bond motifs is 5. The van der Waals surface area contributed by atoms with Gasteiger partial charge >= 0.3 is 0 Å². The molecule has 1 aliphatic rings. The fraction of sp³-hybridized carbons (Fsp3) is 0.250. The maximum atomic E-state index is 9.33. The fourth-order valence-corrected chi connectivity index (χ4v) is 2.99. The van der Waals surface area contributed by atoms with Crippen molar-refractivity contribution in [2.45, 2.75) is 26.7 Å². The lowest BCUT2D eigenvalue weighted by Gasteiger charge is -2.10. The van der Waals surface area contributed by atoms with E-state index in [9.17, 15) is 5.26 Å². The normalized spacial score (nSPS) is 12.0. The number of imidazole rings is 1. The Balaban J connectivity index is 2.11. The van der Waals surface area contributed by atoms with Crippen molar-refractivity contribution >= 4 is 0 Å². The van der Waals surface area contributed by atoms with Crippen LogP contribution in [0.3, 0.4) is 0 Å². The average molecular weight is 290 g/mol. The van der Waals surface area contributed by atoms with Crippen LogP contribution < -0.4 is 0 Å². The summed E-state index contributed by atoms with van der Waals surface area (Å²) in [5.74, 6) is 0. The molecule has 3 heterocycles. The Bertz CT molecular complexity index is 925. The molecule has 4 rings (SSSR count). The van der Waals surface area contributed by atoms with Crippen LogP contribution in [0.15, 0.2) is 24.5 Å². The smallest absolute Gasteiger partial charge is 0.162 e. The number of rotatable bonds is 1. The second-order valence-electron chi connectivity index (χ2n) is 5.44. The lowest BCUT2D eigenvalue weighted by Crippen LogP contribution is -2.04. The Morgan fingerprint density at radius 2 is 2.14 bits per heavy atom. The number of hydrogen-bond donors (Lipinski definition) is 0. The van der Waals surface area contributed by atoms with Gasteiger partial charge in [-0.25, -0.2) is 9.67 Å². The monoisotopic (exact) mass is 290 g/mol. The molecule has 0 amide bonds. The van der Waals surface area contributed by atoms with Crippen LogP contribution >= 0.6 is 0 Å². The Morgan fingerprint density at radius 3 is 2.91 bits per heavy atom. The molecule has 0 aliphatic carbocycles. The van der Waals surface area contributed by atoms with Crippen LogP contribution in [0.4, 0.5) is 0 Å². The molecule has 1 aliphatic heterocycles. The van der Waals surface area contributed by atoms with Crippen molar-refractivity contribution in [3.8, 4) is 17.4 Å². The number of aromatic nitrogens is 5. The van der Waals surface area contributed by atoms with Gasteiger partial charge in [-0.2, -0.15) is 5.26 Å². The van der Waals surface area contributed by atoms with E-state index in [1.54, 1.807) is 6.33 Å². The quantitative estimate of drug-likeness (QED) is 0.538. The second kappa shape index (κ2) is 4.53. The minimum Gasteiger partial charge on any atom is -0.299 e. The molecule has 0 spiro atoms. The summed E-state index contributed by atoms with van der Waals surface area (Å²) >= 11 is 0. The zero-order chi connectivity index (χ0) is 15.3. The highest BCUT2D eigenvalue weighted by molar-refractivity contribution is 5.58. The molecule has 0 N–H and O–H groups in total. The summed E-state index contributed by atoms with van der Waals surface area (Å²) < 4.78 is 3.89. The molecule has 1 aromatic carbocycles. The van der Waals surface area contributed by atoms with Crippen molar-refractivity contribution in [2.24, 2.45) is 0 Å². The predicted molar refractivity (Wildman–Crippen MR) is 80.1 cm³/mol. The maximum Gasteiger partial charge on any atom is 0.162 e. The van der Waals surface area contributed by atoms with Crippen LogP contribution in [0.25, 0.3) is 11.4 Å². The van der Waals surface area contributed by atoms with Crippen LogP contribution in [-0.2, 0) is 12.8 Å². The SMILES string of the molecule is CCc1nnn2c1Cc1c(C#N)ncn1-c1ccc(C)cc1-2. The molecule has 22 heavy (non-hydrogen) atoms. The summed E-state index contributed by atoms with van der Waals surface area (Å²) in [6, 6.07) is 8.37. The lowest BCUT2D eigenvalue weighted by atomic mass is 10.1. The molecule has 6 nitrogen and oxygen atoms in total. The van der Waals surface area contributed by atoms with E-state index in [2.05, 4.69) is 47.3 Å². The molecule has 0 saturated heterocycles. The van der Waals surface area contributed by atoms with Crippen molar-refractivity contribution < 1.29 is 0 Å². The van der Waals surface area contributed by atoms with Crippen molar-refractivity contribution in [3.63, 3.8) is 0 Å². The lowest BCUT2D eigenvalue weighted by molar-refractivity contribution is 0.776. The van der Waals surface area contributed by atoms with Gasteiger partial charge in [0, 0.05) is 6.42 Å². The van der Waals surface area contributed by atoms with Crippen LogP contribution in [0.5, 0.6) is 0 Å². The molecule has 0 radical (unpaired) electrons. The third kappa shape index (κ3) is 1.62. The van der Waals surface area contributed by atoms with Crippen LogP contribution in [-0.4, -0.2) is 24.5 Å². The number of aryl methyl sites for hydroxylation is 2. The van der Waals surface area contributed by atoms with Crippen LogP contribution in [0.2, 0.25) is 0 Å². The summed E-state index contributed by atoms with van der Waals surface area (Å²) in [5, 5.41) is 18.0. The summed E-state index contributed by atoms with van der Waals surface area (Å²) in [7, 11) is 0. The Hall–Kier alpha value is -2.94. The van der Waals surface area contributed by atoms with Crippen molar-refractivity contribution in [3.05, 3.63) is 52.9 Å². The van der Waals surface area contributed by atoms with Gasteiger partial charge < -0.3 is 0 Å². The van der Waals surface area contributed by atoms with Crippen LogP contribution in [0, 0.1) is 18.3 Å². The topological polar surface area (TPSA) is 72.3 Å². The average Bonchev–Trinajstić information content (AvgIpc) is 3.09. The first-order valence-corrected chi connectivity index (χ1v) is 7.24. The van der Waals surface area contributed by atoms with E-state index in [0.717, 1.165) is 40.4 Å². The number of nitriles is 1. The van der Waals surface area contributed by atoms with Gasteiger partial charge in [-0.1, -0.05) is 18.2 Å². The third-order valence-electron chi connectivity index (χ3n) is 4.10. The number of nitrogens with zero attached hydrogens (tertiary/aromatic N) is 6.